The van der Waals surface area contributed by atoms with Gasteiger partial charge in [-0.05, 0) is 68.8 Å². The highest BCUT2D eigenvalue weighted by Crippen LogP contribution is 2.37. The van der Waals surface area contributed by atoms with Crippen LogP contribution in [0.3, 0.4) is 0 Å². The molecule has 0 N–H and O–H groups in total. The molecule has 0 aliphatic carbocycles. The van der Waals surface area contributed by atoms with E-state index in [0.717, 1.165) is 17.4 Å². The van der Waals surface area contributed by atoms with Gasteiger partial charge >= 0.3 is 7.12 Å². The molecule has 0 amide bonds. The van der Waals surface area contributed by atoms with E-state index in [2.05, 4.69) is 102 Å². The van der Waals surface area contributed by atoms with Gasteiger partial charge in [-0.3, -0.25) is 0 Å². The smallest absolute Gasteiger partial charge is 0.399 e. The fourth-order valence-electron chi connectivity index (χ4n) is 3.47. The van der Waals surface area contributed by atoms with E-state index in [1.807, 2.05) is 6.07 Å². The van der Waals surface area contributed by atoms with Crippen molar-refractivity contribution in [1.82, 2.24) is 0 Å². The van der Waals surface area contributed by atoms with Crippen molar-refractivity contribution in [2.24, 2.45) is 0 Å². The summed E-state index contributed by atoms with van der Waals surface area (Å²) in [7, 11) is -0.394. The summed E-state index contributed by atoms with van der Waals surface area (Å²) in [6.45, 7) is 12.6. The predicted octanol–water partition coefficient (Wildman–Crippen LogP) is 6.02. The van der Waals surface area contributed by atoms with Crippen LogP contribution >= 0.6 is 0 Å². The Balaban J connectivity index is 2.14. The minimum Gasteiger partial charge on any atom is -0.399 e. The first kappa shape index (κ1) is 20.6. The Hall–Kier alpha value is -2.10. The Kier molecular flexibility index (Phi) is 5.97. The Labute approximate surface area is 170 Å². The number of benzene rings is 2. The molecule has 0 unspecified atom stereocenters. The van der Waals surface area contributed by atoms with Gasteiger partial charge in [-0.15, -0.1) is 0 Å². The van der Waals surface area contributed by atoms with Crippen LogP contribution in [-0.2, 0) is 9.31 Å². The van der Waals surface area contributed by atoms with Gasteiger partial charge in [-0.2, -0.15) is 0 Å². The van der Waals surface area contributed by atoms with Crippen molar-refractivity contribution in [3.8, 4) is 11.1 Å². The molecular formula is C25H31BO2. The average molecular weight is 374 g/mol. The van der Waals surface area contributed by atoms with Crippen LogP contribution in [0.5, 0.6) is 0 Å². The Morgan fingerprint density at radius 2 is 1.57 bits per heavy atom. The van der Waals surface area contributed by atoms with Gasteiger partial charge in [0.15, 0.2) is 0 Å². The second kappa shape index (κ2) is 8.10. The van der Waals surface area contributed by atoms with Crippen molar-refractivity contribution in [2.75, 3.05) is 0 Å². The summed E-state index contributed by atoms with van der Waals surface area (Å²) in [6.07, 6.45) is 7.48. The lowest BCUT2D eigenvalue weighted by atomic mass is 9.73. The maximum Gasteiger partial charge on any atom is 0.495 e. The van der Waals surface area contributed by atoms with Crippen molar-refractivity contribution >= 4 is 18.2 Å². The lowest BCUT2D eigenvalue weighted by Crippen LogP contribution is -2.41. The molecule has 1 aliphatic heterocycles. The topological polar surface area (TPSA) is 18.5 Å². The molecule has 0 aromatic heterocycles. The van der Waals surface area contributed by atoms with E-state index in [-0.39, 0.29) is 11.2 Å². The summed E-state index contributed by atoms with van der Waals surface area (Å²) in [4.78, 5) is 0. The summed E-state index contributed by atoms with van der Waals surface area (Å²) in [5.41, 5.74) is 5.08. The van der Waals surface area contributed by atoms with Crippen LogP contribution in [0.4, 0.5) is 0 Å². The third kappa shape index (κ3) is 4.01. The molecule has 0 bridgehead atoms. The van der Waals surface area contributed by atoms with Crippen molar-refractivity contribution in [1.29, 1.82) is 0 Å². The quantitative estimate of drug-likeness (QED) is 0.470. The molecule has 1 aliphatic rings. The molecule has 1 saturated heterocycles. The van der Waals surface area contributed by atoms with Gasteiger partial charge < -0.3 is 9.31 Å². The maximum absolute atomic E-state index is 6.41. The molecule has 3 rings (SSSR count). The fourth-order valence-corrected chi connectivity index (χ4v) is 3.47. The van der Waals surface area contributed by atoms with Crippen LogP contribution in [0.25, 0.3) is 16.7 Å². The lowest BCUT2D eigenvalue weighted by Gasteiger charge is -2.32. The molecule has 0 radical (unpaired) electrons. The predicted molar refractivity (Wildman–Crippen MR) is 121 cm³/mol. The number of hydrogen-bond donors (Lipinski definition) is 0. The minimum absolute atomic E-state index is 0.368. The highest BCUT2D eigenvalue weighted by molar-refractivity contribution is 6.63. The molecule has 0 atom stereocenters. The SMILES string of the molecule is C/C=C\C(=C/CC)c1ccc(-c2ccccc2)cc1B1OC(C)(C)C(C)(C)O1. The van der Waals surface area contributed by atoms with Gasteiger partial charge in [0.2, 0.25) is 0 Å². The highest BCUT2D eigenvalue weighted by atomic mass is 16.7. The fraction of sp³-hybridized carbons (Fsp3) is 0.360. The number of allylic oxidation sites excluding steroid dienone is 4. The molecule has 28 heavy (non-hydrogen) atoms. The molecule has 1 fully saturated rings. The van der Waals surface area contributed by atoms with Gasteiger partial charge in [0.05, 0.1) is 11.2 Å². The normalized spacial score (nSPS) is 18.8. The van der Waals surface area contributed by atoms with Gasteiger partial charge in [0, 0.05) is 0 Å². The van der Waals surface area contributed by atoms with Crippen LogP contribution in [0.2, 0.25) is 0 Å². The molecule has 1 heterocycles. The van der Waals surface area contributed by atoms with Crippen LogP contribution in [0, 0.1) is 0 Å². The van der Waals surface area contributed by atoms with Crippen LogP contribution in [0.1, 0.15) is 53.5 Å². The number of rotatable bonds is 5. The Morgan fingerprint density at radius 1 is 0.929 bits per heavy atom. The zero-order valence-corrected chi connectivity index (χ0v) is 18.0. The Morgan fingerprint density at radius 3 is 2.14 bits per heavy atom. The van der Waals surface area contributed by atoms with Crippen molar-refractivity contribution in [2.45, 2.75) is 59.2 Å². The van der Waals surface area contributed by atoms with Crippen molar-refractivity contribution < 1.29 is 9.31 Å². The second-order valence-corrected chi connectivity index (χ2v) is 8.32. The summed E-state index contributed by atoms with van der Waals surface area (Å²) in [6, 6.07) is 17.1. The van der Waals surface area contributed by atoms with Crippen LogP contribution in [-0.4, -0.2) is 18.3 Å². The van der Waals surface area contributed by atoms with Crippen molar-refractivity contribution in [3.05, 3.63) is 72.3 Å². The van der Waals surface area contributed by atoms with E-state index in [9.17, 15) is 0 Å². The van der Waals surface area contributed by atoms with Crippen LogP contribution < -0.4 is 5.46 Å². The number of hydrogen-bond acceptors (Lipinski definition) is 2. The van der Waals surface area contributed by atoms with E-state index >= 15 is 0 Å². The molecule has 2 aromatic rings. The third-order valence-corrected chi connectivity index (χ3v) is 5.75. The summed E-state index contributed by atoms with van der Waals surface area (Å²) in [5, 5.41) is 0. The van der Waals surface area contributed by atoms with Crippen molar-refractivity contribution in [3.63, 3.8) is 0 Å². The first-order chi connectivity index (χ1) is 13.3. The first-order valence-corrected chi connectivity index (χ1v) is 10.2. The van der Waals surface area contributed by atoms with Gasteiger partial charge in [-0.25, -0.2) is 0 Å². The van der Waals surface area contributed by atoms with Gasteiger partial charge in [0.25, 0.3) is 0 Å². The van der Waals surface area contributed by atoms with E-state index in [0.29, 0.717) is 0 Å². The third-order valence-electron chi connectivity index (χ3n) is 5.75. The second-order valence-electron chi connectivity index (χ2n) is 8.32. The molecule has 146 valence electrons. The highest BCUT2D eigenvalue weighted by Gasteiger charge is 2.52. The maximum atomic E-state index is 6.41. The molecule has 3 heteroatoms. The largest absolute Gasteiger partial charge is 0.495 e. The molecule has 0 spiro atoms. The van der Waals surface area contributed by atoms with E-state index in [1.54, 1.807) is 0 Å². The van der Waals surface area contributed by atoms with E-state index in [4.69, 9.17) is 9.31 Å². The van der Waals surface area contributed by atoms with Gasteiger partial charge in [0.1, 0.15) is 0 Å². The summed E-state index contributed by atoms with van der Waals surface area (Å²) < 4.78 is 12.8. The zero-order chi connectivity index (χ0) is 20.4. The molecule has 2 aromatic carbocycles. The minimum atomic E-state index is -0.394. The lowest BCUT2D eigenvalue weighted by molar-refractivity contribution is 0.00578. The molecular weight excluding hydrogens is 343 g/mol. The summed E-state index contributed by atoms with van der Waals surface area (Å²) in [5.74, 6) is 0. The van der Waals surface area contributed by atoms with E-state index < -0.39 is 7.12 Å². The zero-order valence-electron chi connectivity index (χ0n) is 18.0. The van der Waals surface area contributed by atoms with Gasteiger partial charge in [-0.1, -0.05) is 73.7 Å². The molecule has 0 saturated carbocycles. The van der Waals surface area contributed by atoms with Crippen LogP contribution in [0.15, 0.2) is 66.8 Å². The molecule has 2 nitrogen and oxygen atoms in total. The first-order valence-electron chi connectivity index (χ1n) is 10.2. The summed E-state index contributed by atoms with van der Waals surface area (Å²) >= 11 is 0. The average Bonchev–Trinajstić information content (AvgIpc) is 2.89. The monoisotopic (exact) mass is 374 g/mol. The van der Waals surface area contributed by atoms with E-state index in [1.165, 1.54) is 16.7 Å². The Bertz CT molecular complexity index is 863. The standard InChI is InChI=1S/C25H31BO2/c1-7-12-20(13-8-2)22-17-16-21(19-14-10-9-11-15-19)18-23(22)26-27-24(3,4)25(5,6)28-26/h7,9-18H,8H2,1-6H3/b12-7-,20-13+.